The lowest BCUT2D eigenvalue weighted by atomic mass is 9.84. The van der Waals surface area contributed by atoms with Gasteiger partial charge in [0.1, 0.15) is 0 Å². The maximum absolute atomic E-state index is 12.1. The Kier molecular flexibility index (Phi) is 10.8. The van der Waals surface area contributed by atoms with Crippen LogP contribution in [0.4, 0.5) is 5.13 Å². The van der Waals surface area contributed by atoms with E-state index in [1.165, 1.54) is 25.7 Å². The number of rotatable bonds is 7. The van der Waals surface area contributed by atoms with Crippen LogP contribution in [0.25, 0.3) is 0 Å². The van der Waals surface area contributed by atoms with E-state index < -0.39 is 0 Å². The van der Waals surface area contributed by atoms with Crippen molar-refractivity contribution in [2.75, 3.05) is 37.6 Å². The van der Waals surface area contributed by atoms with Gasteiger partial charge in [0.05, 0.1) is 5.69 Å². The summed E-state index contributed by atoms with van der Waals surface area (Å²) in [5.74, 6) is 1.36. The molecule has 5 nitrogen and oxygen atoms in total. The van der Waals surface area contributed by atoms with Crippen LogP contribution in [0.1, 0.15) is 44.7 Å². The third kappa shape index (κ3) is 6.87. The highest BCUT2D eigenvalue weighted by molar-refractivity contribution is 7.13. The van der Waals surface area contributed by atoms with Crippen LogP contribution in [-0.4, -0.2) is 43.6 Å². The molecule has 1 unspecified atom stereocenters. The zero-order chi connectivity index (χ0) is 16.8. The third-order valence-corrected chi connectivity index (χ3v) is 6.27. The number of carbonyl (C=O) groups is 1. The van der Waals surface area contributed by atoms with Gasteiger partial charge in [-0.25, -0.2) is 4.98 Å². The molecule has 2 N–H and O–H groups in total. The Bertz CT molecular complexity index is 531. The quantitative estimate of drug-likeness (QED) is 0.707. The first kappa shape index (κ1) is 23.5. The number of amides is 1. The molecule has 0 aromatic carbocycles. The standard InChI is InChI=1S/C18H30N4OS.2ClH/c1-14(15-4-7-19-8-5-15)12-17(23)20-9-6-16-13-24-18(21-16)22-10-2-3-11-22;;/h13-15,19H,2-12H2,1H3,(H,20,23);2*1H. The lowest BCUT2D eigenvalue weighted by Crippen LogP contribution is -2.34. The van der Waals surface area contributed by atoms with Crippen LogP contribution in [0.3, 0.4) is 0 Å². The zero-order valence-corrected chi connectivity index (χ0v) is 18.0. The van der Waals surface area contributed by atoms with Crippen molar-refractivity contribution in [3.63, 3.8) is 0 Å². The van der Waals surface area contributed by atoms with E-state index in [1.54, 1.807) is 11.3 Å². The van der Waals surface area contributed by atoms with Crippen molar-refractivity contribution < 1.29 is 4.79 Å². The minimum Gasteiger partial charge on any atom is -0.356 e. The lowest BCUT2D eigenvalue weighted by molar-refractivity contribution is -0.122. The molecule has 2 aliphatic heterocycles. The van der Waals surface area contributed by atoms with Gasteiger partial charge in [-0.15, -0.1) is 36.2 Å². The van der Waals surface area contributed by atoms with Crippen molar-refractivity contribution in [1.29, 1.82) is 0 Å². The average Bonchev–Trinajstić information content (AvgIpc) is 3.27. The first-order chi connectivity index (χ1) is 11.7. The molecule has 1 amide bonds. The molecule has 3 rings (SSSR count). The predicted molar refractivity (Wildman–Crippen MR) is 114 cm³/mol. The van der Waals surface area contributed by atoms with Crippen LogP contribution in [0, 0.1) is 11.8 Å². The number of hydrogen-bond acceptors (Lipinski definition) is 5. The molecular weight excluding hydrogens is 391 g/mol. The topological polar surface area (TPSA) is 57.3 Å². The fourth-order valence-electron chi connectivity index (χ4n) is 3.74. The molecule has 2 aliphatic rings. The maximum atomic E-state index is 12.1. The molecule has 150 valence electrons. The Balaban J connectivity index is 0.00000169. The fourth-order valence-corrected chi connectivity index (χ4v) is 4.65. The lowest BCUT2D eigenvalue weighted by Gasteiger charge is -2.27. The summed E-state index contributed by atoms with van der Waals surface area (Å²) in [5.41, 5.74) is 1.11. The number of nitrogens with one attached hydrogen (secondary N) is 2. The van der Waals surface area contributed by atoms with Crippen LogP contribution in [0.2, 0.25) is 0 Å². The van der Waals surface area contributed by atoms with Gasteiger partial charge < -0.3 is 15.5 Å². The number of nitrogens with zero attached hydrogens (tertiary/aromatic N) is 2. The highest BCUT2D eigenvalue weighted by atomic mass is 35.5. The van der Waals surface area contributed by atoms with Gasteiger partial charge in [0.25, 0.3) is 0 Å². The second-order valence-electron chi connectivity index (χ2n) is 7.18. The first-order valence-electron chi connectivity index (χ1n) is 9.39. The summed E-state index contributed by atoms with van der Waals surface area (Å²) in [6, 6.07) is 0. The van der Waals surface area contributed by atoms with Crippen molar-refractivity contribution in [1.82, 2.24) is 15.6 Å². The minimum atomic E-state index is 0. The molecule has 2 saturated heterocycles. The molecule has 3 heterocycles. The van der Waals surface area contributed by atoms with Gasteiger partial charge in [0, 0.05) is 37.9 Å². The fraction of sp³-hybridized carbons (Fsp3) is 0.778. The van der Waals surface area contributed by atoms with Gasteiger partial charge in [0.2, 0.25) is 5.91 Å². The molecule has 8 heteroatoms. The van der Waals surface area contributed by atoms with E-state index in [4.69, 9.17) is 4.98 Å². The Hall–Kier alpha value is -0.560. The van der Waals surface area contributed by atoms with E-state index in [2.05, 4.69) is 27.8 Å². The second-order valence-corrected chi connectivity index (χ2v) is 8.02. The number of piperidine rings is 1. The smallest absolute Gasteiger partial charge is 0.220 e. The number of anilines is 1. The molecular formula is C18H32Cl2N4OS. The van der Waals surface area contributed by atoms with Gasteiger partial charge in [-0.1, -0.05) is 6.92 Å². The van der Waals surface area contributed by atoms with Crippen LogP contribution >= 0.6 is 36.2 Å². The van der Waals surface area contributed by atoms with Crippen LogP contribution in [0.15, 0.2) is 5.38 Å². The molecule has 0 bridgehead atoms. The molecule has 0 saturated carbocycles. The molecule has 0 spiro atoms. The van der Waals surface area contributed by atoms with E-state index in [-0.39, 0.29) is 30.7 Å². The number of halogens is 2. The Morgan fingerprint density at radius 1 is 1.35 bits per heavy atom. The Labute approximate surface area is 173 Å². The van der Waals surface area contributed by atoms with Gasteiger partial charge in [-0.3, -0.25) is 4.79 Å². The number of thiazole rings is 1. The summed E-state index contributed by atoms with van der Waals surface area (Å²) in [5, 5.41) is 9.75. The highest BCUT2D eigenvalue weighted by Crippen LogP contribution is 2.25. The molecule has 26 heavy (non-hydrogen) atoms. The molecule has 1 atom stereocenters. The van der Waals surface area contributed by atoms with Gasteiger partial charge in [-0.2, -0.15) is 0 Å². The summed E-state index contributed by atoms with van der Waals surface area (Å²) in [6.45, 7) is 7.38. The summed E-state index contributed by atoms with van der Waals surface area (Å²) in [6.07, 6.45) is 6.44. The van der Waals surface area contributed by atoms with Crippen molar-refractivity contribution in [2.24, 2.45) is 11.8 Å². The van der Waals surface area contributed by atoms with Crippen LogP contribution in [-0.2, 0) is 11.2 Å². The van der Waals surface area contributed by atoms with Crippen LogP contribution in [0.5, 0.6) is 0 Å². The van der Waals surface area contributed by atoms with E-state index >= 15 is 0 Å². The maximum Gasteiger partial charge on any atom is 0.220 e. The monoisotopic (exact) mass is 422 g/mol. The summed E-state index contributed by atoms with van der Waals surface area (Å²) in [7, 11) is 0. The van der Waals surface area contributed by atoms with E-state index in [9.17, 15) is 4.79 Å². The van der Waals surface area contributed by atoms with E-state index in [0.717, 1.165) is 43.4 Å². The summed E-state index contributed by atoms with van der Waals surface area (Å²) < 4.78 is 0. The van der Waals surface area contributed by atoms with Gasteiger partial charge in [-0.05, 0) is 50.6 Å². The highest BCUT2D eigenvalue weighted by Gasteiger charge is 2.22. The molecule has 1 aromatic rings. The number of aromatic nitrogens is 1. The molecule has 0 aliphatic carbocycles. The third-order valence-electron chi connectivity index (χ3n) is 5.32. The zero-order valence-electron chi connectivity index (χ0n) is 15.5. The molecule has 0 radical (unpaired) electrons. The van der Waals surface area contributed by atoms with E-state index in [0.29, 0.717) is 24.8 Å². The van der Waals surface area contributed by atoms with Crippen molar-refractivity contribution in [3.8, 4) is 0 Å². The van der Waals surface area contributed by atoms with Gasteiger partial charge >= 0.3 is 0 Å². The summed E-state index contributed by atoms with van der Waals surface area (Å²) >= 11 is 1.73. The number of hydrogen-bond donors (Lipinski definition) is 2. The van der Waals surface area contributed by atoms with E-state index in [1.807, 2.05) is 0 Å². The van der Waals surface area contributed by atoms with Crippen molar-refractivity contribution in [3.05, 3.63) is 11.1 Å². The molecule has 2 fully saturated rings. The second kappa shape index (κ2) is 12.0. The first-order valence-corrected chi connectivity index (χ1v) is 10.3. The minimum absolute atomic E-state index is 0. The normalized spacial score (nSPS) is 18.7. The average molecular weight is 423 g/mol. The SMILES string of the molecule is CC(CC(=O)NCCc1csc(N2CCCC2)n1)C1CCNCC1.Cl.Cl. The predicted octanol–water partition coefficient (Wildman–Crippen LogP) is 3.27. The Morgan fingerprint density at radius 3 is 2.73 bits per heavy atom. The van der Waals surface area contributed by atoms with Gasteiger partial charge in [0.15, 0.2) is 5.13 Å². The van der Waals surface area contributed by atoms with Crippen molar-refractivity contribution >= 4 is 47.2 Å². The molecule has 1 aromatic heterocycles. The summed E-state index contributed by atoms with van der Waals surface area (Å²) in [4.78, 5) is 19.2. The van der Waals surface area contributed by atoms with Crippen molar-refractivity contribution in [2.45, 2.75) is 45.4 Å². The largest absolute Gasteiger partial charge is 0.356 e. The number of carbonyl (C=O) groups excluding carboxylic acids is 1. The Morgan fingerprint density at radius 2 is 2.04 bits per heavy atom. The van der Waals surface area contributed by atoms with Crippen LogP contribution < -0.4 is 15.5 Å².